The highest BCUT2D eigenvalue weighted by Crippen LogP contribution is 2.18. The molecule has 108 valence electrons. The molecule has 1 N–H and O–H groups in total. The molecule has 0 fully saturated rings. The van der Waals surface area contributed by atoms with Gasteiger partial charge in [-0.3, -0.25) is 4.90 Å². The van der Waals surface area contributed by atoms with Gasteiger partial charge in [0.05, 0.1) is 6.54 Å². The van der Waals surface area contributed by atoms with E-state index in [9.17, 15) is 13.2 Å². The lowest BCUT2D eigenvalue weighted by Crippen LogP contribution is -2.33. The highest BCUT2D eigenvalue weighted by Gasteiger charge is 2.29. The summed E-state index contributed by atoms with van der Waals surface area (Å²) >= 11 is 0. The second-order valence-electron chi connectivity index (χ2n) is 4.52. The topological polar surface area (TPSA) is 15.3 Å². The molecular formula is C14H21F3N2. The van der Waals surface area contributed by atoms with Crippen LogP contribution in [0.3, 0.4) is 0 Å². The van der Waals surface area contributed by atoms with Crippen molar-refractivity contribution in [1.82, 2.24) is 10.2 Å². The first-order chi connectivity index (χ1) is 8.94. The quantitative estimate of drug-likeness (QED) is 0.821. The molecule has 0 spiro atoms. The van der Waals surface area contributed by atoms with Crippen molar-refractivity contribution in [3.8, 4) is 0 Å². The second kappa shape index (κ2) is 7.50. The maximum absolute atomic E-state index is 12.3. The Morgan fingerprint density at radius 2 is 1.63 bits per heavy atom. The molecule has 0 saturated heterocycles. The Morgan fingerprint density at radius 3 is 2.11 bits per heavy atom. The Balaban J connectivity index is 2.55. The van der Waals surface area contributed by atoms with Crippen molar-refractivity contribution >= 4 is 0 Å². The minimum atomic E-state index is -4.14. The largest absolute Gasteiger partial charge is 0.401 e. The van der Waals surface area contributed by atoms with Crippen LogP contribution in [-0.2, 0) is 13.1 Å². The molecule has 1 aromatic rings. The Morgan fingerprint density at radius 1 is 1.05 bits per heavy atom. The van der Waals surface area contributed by atoms with Crippen molar-refractivity contribution in [3.63, 3.8) is 0 Å². The monoisotopic (exact) mass is 274 g/mol. The van der Waals surface area contributed by atoms with Crippen LogP contribution >= 0.6 is 0 Å². The fraction of sp³-hybridized carbons (Fsp3) is 0.571. The zero-order valence-electron chi connectivity index (χ0n) is 11.4. The van der Waals surface area contributed by atoms with Crippen LogP contribution in [0.1, 0.15) is 25.0 Å². The normalized spacial score (nSPS) is 12.1. The summed E-state index contributed by atoms with van der Waals surface area (Å²) < 4.78 is 37.0. The fourth-order valence-electron chi connectivity index (χ4n) is 1.82. The molecular weight excluding hydrogens is 253 g/mol. The van der Waals surface area contributed by atoms with Crippen LogP contribution in [0, 0.1) is 0 Å². The van der Waals surface area contributed by atoms with E-state index in [2.05, 4.69) is 5.32 Å². The minimum Gasteiger partial charge on any atom is -0.313 e. The van der Waals surface area contributed by atoms with Crippen molar-refractivity contribution in [2.75, 3.05) is 19.6 Å². The number of nitrogens with zero attached hydrogens (tertiary/aromatic N) is 1. The molecule has 5 heteroatoms. The van der Waals surface area contributed by atoms with Crippen LogP contribution < -0.4 is 5.32 Å². The molecule has 0 aliphatic heterocycles. The van der Waals surface area contributed by atoms with E-state index >= 15 is 0 Å². The van der Waals surface area contributed by atoms with Gasteiger partial charge >= 0.3 is 6.18 Å². The summed E-state index contributed by atoms with van der Waals surface area (Å²) in [4.78, 5) is 1.39. The third kappa shape index (κ3) is 6.59. The van der Waals surface area contributed by atoms with Gasteiger partial charge in [0.25, 0.3) is 0 Å². The number of halogens is 3. The van der Waals surface area contributed by atoms with Gasteiger partial charge in [0.15, 0.2) is 0 Å². The fourth-order valence-corrected chi connectivity index (χ4v) is 1.82. The molecule has 0 aliphatic carbocycles. The van der Waals surface area contributed by atoms with Crippen LogP contribution in [0.15, 0.2) is 24.3 Å². The molecule has 0 unspecified atom stereocenters. The van der Waals surface area contributed by atoms with Gasteiger partial charge in [-0.1, -0.05) is 38.1 Å². The molecule has 0 atom stereocenters. The van der Waals surface area contributed by atoms with Crippen molar-refractivity contribution in [3.05, 3.63) is 35.4 Å². The molecule has 0 heterocycles. The van der Waals surface area contributed by atoms with Gasteiger partial charge in [-0.15, -0.1) is 0 Å². The molecule has 0 bridgehead atoms. The summed E-state index contributed by atoms with van der Waals surface area (Å²) in [6.07, 6.45) is -4.14. The van der Waals surface area contributed by atoms with Gasteiger partial charge < -0.3 is 5.32 Å². The first-order valence-corrected chi connectivity index (χ1v) is 6.52. The zero-order valence-corrected chi connectivity index (χ0v) is 11.4. The van der Waals surface area contributed by atoms with Gasteiger partial charge in [-0.05, 0) is 24.2 Å². The molecule has 2 nitrogen and oxygen atoms in total. The minimum absolute atomic E-state index is 0.331. The highest BCUT2D eigenvalue weighted by molar-refractivity contribution is 5.22. The van der Waals surface area contributed by atoms with E-state index in [0.717, 1.165) is 24.2 Å². The summed E-state index contributed by atoms with van der Waals surface area (Å²) in [6, 6.07) is 7.70. The first kappa shape index (κ1) is 16.0. The van der Waals surface area contributed by atoms with E-state index in [1.807, 2.05) is 31.2 Å². The van der Waals surface area contributed by atoms with E-state index in [0.29, 0.717) is 13.1 Å². The maximum Gasteiger partial charge on any atom is 0.401 e. The molecule has 0 radical (unpaired) electrons. The highest BCUT2D eigenvalue weighted by atomic mass is 19.4. The summed E-state index contributed by atoms with van der Waals surface area (Å²) in [5.74, 6) is 0. The van der Waals surface area contributed by atoms with E-state index in [-0.39, 0.29) is 0 Å². The van der Waals surface area contributed by atoms with E-state index in [4.69, 9.17) is 0 Å². The molecule has 0 saturated carbocycles. The van der Waals surface area contributed by atoms with E-state index in [1.165, 1.54) is 4.90 Å². The molecule has 1 rings (SSSR count). The molecule has 0 aliphatic rings. The standard InChI is InChI=1S/C14H21F3N2/c1-3-18-9-12-5-7-13(8-6-12)10-19(4-2)11-14(15,16)17/h5-8,18H,3-4,9-11H2,1-2H3. The average molecular weight is 274 g/mol. The number of hydrogen-bond acceptors (Lipinski definition) is 2. The average Bonchev–Trinajstić information content (AvgIpc) is 2.35. The van der Waals surface area contributed by atoms with Crippen molar-refractivity contribution in [1.29, 1.82) is 0 Å². The van der Waals surface area contributed by atoms with Gasteiger partial charge in [-0.2, -0.15) is 13.2 Å². The second-order valence-corrected chi connectivity index (χ2v) is 4.52. The number of benzene rings is 1. The van der Waals surface area contributed by atoms with Gasteiger partial charge in [0.1, 0.15) is 0 Å². The van der Waals surface area contributed by atoms with Gasteiger partial charge in [-0.25, -0.2) is 0 Å². The maximum atomic E-state index is 12.3. The van der Waals surface area contributed by atoms with E-state index in [1.54, 1.807) is 6.92 Å². The number of rotatable bonds is 7. The summed E-state index contributed by atoms with van der Waals surface area (Å²) in [5, 5.41) is 3.21. The molecule has 19 heavy (non-hydrogen) atoms. The number of hydrogen-bond donors (Lipinski definition) is 1. The Labute approximate surface area is 112 Å². The van der Waals surface area contributed by atoms with Crippen LogP contribution in [0.5, 0.6) is 0 Å². The predicted molar refractivity (Wildman–Crippen MR) is 70.8 cm³/mol. The van der Waals surface area contributed by atoms with E-state index < -0.39 is 12.7 Å². The number of nitrogens with one attached hydrogen (secondary N) is 1. The van der Waals surface area contributed by atoms with Gasteiger partial charge in [0.2, 0.25) is 0 Å². The van der Waals surface area contributed by atoms with Crippen molar-refractivity contribution < 1.29 is 13.2 Å². The summed E-state index contributed by atoms with van der Waals surface area (Å²) in [5.41, 5.74) is 2.05. The van der Waals surface area contributed by atoms with Crippen LogP contribution in [0.25, 0.3) is 0 Å². The van der Waals surface area contributed by atoms with Crippen LogP contribution in [0.2, 0.25) is 0 Å². The molecule has 1 aromatic carbocycles. The Kier molecular flexibility index (Phi) is 6.31. The molecule has 0 aromatic heterocycles. The lowest BCUT2D eigenvalue weighted by Gasteiger charge is -2.22. The smallest absolute Gasteiger partial charge is 0.313 e. The Bertz CT molecular complexity index is 360. The van der Waals surface area contributed by atoms with Crippen LogP contribution in [-0.4, -0.2) is 30.7 Å². The predicted octanol–water partition coefficient (Wildman–Crippen LogP) is 3.18. The third-order valence-electron chi connectivity index (χ3n) is 2.86. The van der Waals surface area contributed by atoms with Crippen LogP contribution in [0.4, 0.5) is 13.2 Å². The number of alkyl halides is 3. The van der Waals surface area contributed by atoms with Crippen molar-refractivity contribution in [2.45, 2.75) is 33.1 Å². The first-order valence-electron chi connectivity index (χ1n) is 6.52. The van der Waals surface area contributed by atoms with Crippen molar-refractivity contribution in [2.24, 2.45) is 0 Å². The van der Waals surface area contributed by atoms with Gasteiger partial charge in [0, 0.05) is 13.1 Å². The third-order valence-corrected chi connectivity index (χ3v) is 2.86. The summed E-state index contributed by atoms with van der Waals surface area (Å²) in [7, 11) is 0. The molecule has 0 amide bonds. The zero-order chi connectivity index (χ0) is 14.3. The SMILES string of the molecule is CCNCc1ccc(CN(CC)CC(F)(F)F)cc1. The Hall–Kier alpha value is -1.07. The lowest BCUT2D eigenvalue weighted by atomic mass is 10.1. The lowest BCUT2D eigenvalue weighted by molar-refractivity contribution is -0.146. The summed E-state index contributed by atoms with van der Waals surface area (Å²) in [6.45, 7) is 5.32.